The molecule has 1 aromatic rings. The lowest BCUT2D eigenvalue weighted by atomic mass is 10.3. The van der Waals surface area contributed by atoms with Crippen LogP contribution in [0.5, 0.6) is 5.88 Å². The largest absolute Gasteiger partial charge is 0.476 e. The minimum absolute atomic E-state index is 0.496. The Balaban J connectivity index is 2.15. The number of nitrogen functional groups attached to an aromatic ring is 1. The Kier molecular flexibility index (Phi) is 3.98. The zero-order chi connectivity index (χ0) is 12.1. The van der Waals surface area contributed by atoms with Gasteiger partial charge in [-0.3, -0.25) is 0 Å². The van der Waals surface area contributed by atoms with Gasteiger partial charge in [0, 0.05) is 26.2 Å². The monoisotopic (exact) mass is 237 g/mol. The number of anilines is 2. The molecule has 0 radical (unpaired) electrons. The molecule has 0 bridgehead atoms. The number of hydrogen-bond donors (Lipinski definition) is 2. The quantitative estimate of drug-likeness (QED) is 0.782. The van der Waals surface area contributed by atoms with Crippen molar-refractivity contribution in [2.45, 2.75) is 13.3 Å². The van der Waals surface area contributed by atoms with E-state index in [1.165, 1.54) is 6.33 Å². The molecule has 0 atom stereocenters. The fourth-order valence-corrected chi connectivity index (χ4v) is 1.81. The van der Waals surface area contributed by atoms with E-state index in [-0.39, 0.29) is 0 Å². The van der Waals surface area contributed by atoms with Crippen molar-refractivity contribution in [2.75, 3.05) is 43.4 Å². The molecule has 2 heterocycles. The van der Waals surface area contributed by atoms with E-state index in [1.807, 2.05) is 0 Å². The Morgan fingerprint density at radius 1 is 1.41 bits per heavy atom. The number of ether oxygens (including phenoxy) is 1. The van der Waals surface area contributed by atoms with E-state index in [2.05, 4.69) is 27.1 Å². The fourth-order valence-electron chi connectivity index (χ4n) is 1.81. The molecule has 94 valence electrons. The smallest absolute Gasteiger partial charge is 0.242 e. The summed E-state index contributed by atoms with van der Waals surface area (Å²) in [7, 11) is 0. The number of hydrogen-bond acceptors (Lipinski definition) is 6. The first-order chi connectivity index (χ1) is 8.33. The molecule has 0 aliphatic carbocycles. The molecule has 0 saturated carbocycles. The van der Waals surface area contributed by atoms with Crippen molar-refractivity contribution in [1.29, 1.82) is 0 Å². The summed E-state index contributed by atoms with van der Waals surface area (Å²) in [4.78, 5) is 10.5. The molecule has 1 aromatic heterocycles. The van der Waals surface area contributed by atoms with Crippen molar-refractivity contribution in [1.82, 2.24) is 15.3 Å². The average molecular weight is 237 g/mol. The van der Waals surface area contributed by atoms with Gasteiger partial charge in [0.05, 0.1) is 6.61 Å². The normalized spacial score (nSPS) is 15.9. The van der Waals surface area contributed by atoms with Crippen molar-refractivity contribution in [3.63, 3.8) is 0 Å². The number of piperazine rings is 1. The van der Waals surface area contributed by atoms with Gasteiger partial charge < -0.3 is 20.7 Å². The van der Waals surface area contributed by atoms with Gasteiger partial charge >= 0.3 is 0 Å². The Morgan fingerprint density at radius 2 is 2.18 bits per heavy atom. The van der Waals surface area contributed by atoms with Crippen molar-refractivity contribution in [3.05, 3.63) is 6.33 Å². The fraction of sp³-hybridized carbons (Fsp3) is 0.636. The van der Waals surface area contributed by atoms with Crippen LogP contribution in [0.25, 0.3) is 0 Å². The van der Waals surface area contributed by atoms with Crippen molar-refractivity contribution in [2.24, 2.45) is 0 Å². The molecule has 3 N–H and O–H groups in total. The van der Waals surface area contributed by atoms with Gasteiger partial charge in [-0.25, -0.2) is 4.98 Å². The van der Waals surface area contributed by atoms with E-state index >= 15 is 0 Å². The van der Waals surface area contributed by atoms with Crippen LogP contribution in [-0.4, -0.2) is 42.8 Å². The van der Waals surface area contributed by atoms with Crippen LogP contribution < -0.4 is 20.7 Å². The Bertz CT molecular complexity index is 365. The van der Waals surface area contributed by atoms with E-state index in [1.54, 1.807) is 0 Å². The Hall–Kier alpha value is -1.56. The Morgan fingerprint density at radius 3 is 2.88 bits per heavy atom. The van der Waals surface area contributed by atoms with Crippen molar-refractivity contribution < 1.29 is 4.74 Å². The van der Waals surface area contributed by atoms with E-state index in [0.717, 1.165) is 38.4 Å². The summed E-state index contributed by atoms with van der Waals surface area (Å²) < 4.78 is 5.50. The number of nitrogens with two attached hydrogens (primary N) is 1. The zero-order valence-corrected chi connectivity index (χ0v) is 10.1. The first-order valence-electron chi connectivity index (χ1n) is 6.02. The van der Waals surface area contributed by atoms with E-state index in [4.69, 9.17) is 10.5 Å². The summed E-state index contributed by atoms with van der Waals surface area (Å²) in [5.74, 6) is 1.28. The molecule has 6 nitrogen and oxygen atoms in total. The van der Waals surface area contributed by atoms with E-state index < -0.39 is 0 Å². The standard InChI is InChI=1S/C11H19N5O/c1-2-7-17-11-9(12)10(14-8-15-11)16-5-3-13-4-6-16/h8,13H,2-7,12H2,1H3. The van der Waals surface area contributed by atoms with E-state index in [0.29, 0.717) is 18.2 Å². The van der Waals surface area contributed by atoms with Crippen LogP contribution in [0.1, 0.15) is 13.3 Å². The predicted molar refractivity (Wildman–Crippen MR) is 67.3 cm³/mol. The van der Waals surface area contributed by atoms with Crippen LogP contribution in [0.4, 0.5) is 11.5 Å². The maximum absolute atomic E-state index is 6.04. The number of rotatable bonds is 4. The molecule has 0 aromatic carbocycles. The lowest BCUT2D eigenvalue weighted by Crippen LogP contribution is -2.44. The third-order valence-electron chi connectivity index (χ3n) is 2.69. The van der Waals surface area contributed by atoms with Crippen LogP contribution >= 0.6 is 0 Å². The lowest BCUT2D eigenvalue weighted by molar-refractivity contribution is 0.306. The minimum atomic E-state index is 0.496. The molecule has 1 aliphatic heterocycles. The predicted octanol–water partition coefficient (Wildman–Crippen LogP) is 0.257. The van der Waals surface area contributed by atoms with Gasteiger partial charge in [-0.15, -0.1) is 0 Å². The lowest BCUT2D eigenvalue weighted by Gasteiger charge is -2.29. The number of nitrogens with one attached hydrogen (secondary N) is 1. The van der Waals surface area contributed by atoms with Crippen molar-refractivity contribution >= 4 is 11.5 Å². The molecule has 17 heavy (non-hydrogen) atoms. The second-order valence-electron chi connectivity index (χ2n) is 4.00. The molecule has 0 spiro atoms. The van der Waals surface area contributed by atoms with Crippen LogP contribution in [0.3, 0.4) is 0 Å². The van der Waals surface area contributed by atoms with E-state index in [9.17, 15) is 0 Å². The summed E-state index contributed by atoms with van der Waals surface area (Å²) in [6.07, 6.45) is 2.45. The van der Waals surface area contributed by atoms with Gasteiger partial charge in [0.1, 0.15) is 12.0 Å². The number of nitrogens with zero attached hydrogens (tertiary/aromatic N) is 3. The number of aromatic nitrogens is 2. The van der Waals surface area contributed by atoms with Gasteiger partial charge in [0.25, 0.3) is 0 Å². The molecular formula is C11H19N5O. The van der Waals surface area contributed by atoms with Crippen LogP contribution in [0.2, 0.25) is 0 Å². The Labute approximate surface area is 101 Å². The van der Waals surface area contributed by atoms with Gasteiger partial charge in [-0.05, 0) is 6.42 Å². The summed E-state index contributed by atoms with van der Waals surface area (Å²) in [5.41, 5.74) is 6.59. The summed E-state index contributed by atoms with van der Waals surface area (Å²) in [6.45, 7) is 6.41. The molecule has 0 unspecified atom stereocenters. The average Bonchev–Trinajstić information content (AvgIpc) is 2.39. The topological polar surface area (TPSA) is 76.3 Å². The maximum Gasteiger partial charge on any atom is 0.242 e. The highest BCUT2D eigenvalue weighted by molar-refractivity contribution is 5.67. The van der Waals surface area contributed by atoms with Crippen LogP contribution in [-0.2, 0) is 0 Å². The van der Waals surface area contributed by atoms with Gasteiger partial charge in [-0.2, -0.15) is 4.98 Å². The molecule has 2 rings (SSSR count). The summed E-state index contributed by atoms with van der Waals surface area (Å²) >= 11 is 0. The third-order valence-corrected chi connectivity index (χ3v) is 2.69. The third kappa shape index (κ3) is 2.76. The molecule has 0 amide bonds. The van der Waals surface area contributed by atoms with Gasteiger partial charge in [-0.1, -0.05) is 6.92 Å². The van der Waals surface area contributed by atoms with Gasteiger partial charge in [0.2, 0.25) is 5.88 Å². The molecule has 6 heteroatoms. The minimum Gasteiger partial charge on any atom is -0.476 e. The second-order valence-corrected chi connectivity index (χ2v) is 4.00. The zero-order valence-electron chi connectivity index (χ0n) is 10.1. The van der Waals surface area contributed by atoms with Gasteiger partial charge in [0.15, 0.2) is 5.82 Å². The highest BCUT2D eigenvalue weighted by Gasteiger charge is 2.17. The first kappa shape index (κ1) is 11.9. The molecule has 1 aliphatic rings. The molecular weight excluding hydrogens is 218 g/mol. The second kappa shape index (κ2) is 5.67. The highest BCUT2D eigenvalue weighted by Crippen LogP contribution is 2.27. The summed E-state index contributed by atoms with van der Waals surface area (Å²) in [6, 6.07) is 0. The summed E-state index contributed by atoms with van der Waals surface area (Å²) in [5, 5.41) is 3.30. The molecule has 1 saturated heterocycles. The van der Waals surface area contributed by atoms with Crippen LogP contribution in [0.15, 0.2) is 6.33 Å². The first-order valence-corrected chi connectivity index (χ1v) is 6.02. The SMILES string of the molecule is CCCOc1ncnc(N2CCNCC2)c1N. The van der Waals surface area contributed by atoms with Crippen molar-refractivity contribution in [3.8, 4) is 5.88 Å². The highest BCUT2D eigenvalue weighted by atomic mass is 16.5. The maximum atomic E-state index is 6.04. The molecule has 1 fully saturated rings. The van der Waals surface area contributed by atoms with Crippen LogP contribution in [0, 0.1) is 0 Å².